The predicted molar refractivity (Wildman–Crippen MR) is 91.4 cm³/mol. The molecule has 1 N–H and O–H groups in total. The van der Waals surface area contributed by atoms with E-state index in [2.05, 4.69) is 5.32 Å². The lowest BCUT2D eigenvalue weighted by Crippen LogP contribution is -2.30. The summed E-state index contributed by atoms with van der Waals surface area (Å²) in [5.41, 5.74) is 1.37. The van der Waals surface area contributed by atoms with E-state index < -0.39 is 0 Å². The van der Waals surface area contributed by atoms with Crippen LogP contribution in [0.1, 0.15) is 29.8 Å². The predicted octanol–water partition coefficient (Wildman–Crippen LogP) is 4.07. The van der Waals surface area contributed by atoms with Crippen LogP contribution >= 0.6 is 11.6 Å². The van der Waals surface area contributed by atoms with Gasteiger partial charge in [0.1, 0.15) is 18.1 Å². The first-order valence-electron chi connectivity index (χ1n) is 7.35. The smallest absolute Gasteiger partial charge is 0.251 e. The molecular formula is C18H20ClNO3. The number of ether oxygens (including phenoxy) is 2. The highest BCUT2D eigenvalue weighted by Crippen LogP contribution is 2.23. The molecule has 0 saturated heterocycles. The maximum absolute atomic E-state index is 12.1. The Bertz CT molecular complexity index is 686. The fraction of sp³-hybridized carbons (Fsp3) is 0.278. The molecule has 0 heterocycles. The van der Waals surface area contributed by atoms with E-state index in [0.717, 1.165) is 5.56 Å². The zero-order valence-corrected chi connectivity index (χ0v) is 14.2. The first-order chi connectivity index (χ1) is 11.0. The Labute approximate surface area is 141 Å². The van der Waals surface area contributed by atoms with Crippen molar-refractivity contribution in [3.8, 4) is 11.5 Å². The molecule has 2 aromatic carbocycles. The number of nitrogens with one attached hydrogen (secondary N) is 1. The van der Waals surface area contributed by atoms with E-state index in [9.17, 15) is 4.79 Å². The Balaban J connectivity index is 2.17. The second-order valence-electron chi connectivity index (χ2n) is 5.40. The van der Waals surface area contributed by atoms with Crippen LogP contribution in [0, 0.1) is 0 Å². The Kier molecular flexibility index (Phi) is 5.88. The van der Waals surface area contributed by atoms with Crippen molar-refractivity contribution in [2.45, 2.75) is 26.5 Å². The summed E-state index contributed by atoms with van der Waals surface area (Å²) < 4.78 is 11.1. The van der Waals surface area contributed by atoms with Crippen molar-refractivity contribution in [2.75, 3.05) is 7.11 Å². The van der Waals surface area contributed by atoms with Crippen LogP contribution in [0.5, 0.6) is 11.5 Å². The average Bonchev–Trinajstić information content (AvgIpc) is 2.52. The summed E-state index contributed by atoms with van der Waals surface area (Å²) in [6, 6.07) is 12.5. The molecule has 2 aromatic rings. The van der Waals surface area contributed by atoms with E-state index in [1.54, 1.807) is 37.4 Å². The number of hydrogen-bond acceptors (Lipinski definition) is 3. The highest BCUT2D eigenvalue weighted by molar-refractivity contribution is 6.30. The zero-order valence-electron chi connectivity index (χ0n) is 13.4. The Morgan fingerprint density at radius 2 is 2.00 bits per heavy atom. The van der Waals surface area contributed by atoms with Crippen LogP contribution in [-0.4, -0.2) is 19.1 Å². The van der Waals surface area contributed by atoms with Crippen molar-refractivity contribution in [1.29, 1.82) is 0 Å². The van der Waals surface area contributed by atoms with E-state index in [4.69, 9.17) is 21.1 Å². The molecular weight excluding hydrogens is 314 g/mol. The molecule has 0 aliphatic carbocycles. The second-order valence-corrected chi connectivity index (χ2v) is 5.84. The van der Waals surface area contributed by atoms with Gasteiger partial charge in [0.15, 0.2) is 0 Å². The largest absolute Gasteiger partial charge is 0.496 e. The van der Waals surface area contributed by atoms with Crippen LogP contribution < -0.4 is 14.8 Å². The molecule has 23 heavy (non-hydrogen) atoms. The lowest BCUT2D eigenvalue weighted by atomic mass is 10.1. The van der Waals surface area contributed by atoms with Crippen LogP contribution in [-0.2, 0) is 6.61 Å². The van der Waals surface area contributed by atoms with Crippen LogP contribution in [0.15, 0.2) is 42.5 Å². The fourth-order valence-corrected chi connectivity index (χ4v) is 2.28. The lowest BCUT2D eigenvalue weighted by Gasteiger charge is -2.13. The molecule has 0 aliphatic heterocycles. The van der Waals surface area contributed by atoms with Crippen LogP contribution in [0.2, 0.25) is 5.02 Å². The second kappa shape index (κ2) is 7.88. The van der Waals surface area contributed by atoms with Gasteiger partial charge < -0.3 is 14.8 Å². The number of amides is 1. The van der Waals surface area contributed by atoms with Gasteiger partial charge in [0.25, 0.3) is 5.91 Å². The Morgan fingerprint density at radius 1 is 1.22 bits per heavy atom. The number of methoxy groups -OCH3 is 1. The topological polar surface area (TPSA) is 47.6 Å². The highest BCUT2D eigenvalue weighted by atomic mass is 35.5. The van der Waals surface area contributed by atoms with Gasteiger partial charge in [-0.25, -0.2) is 0 Å². The lowest BCUT2D eigenvalue weighted by molar-refractivity contribution is 0.0943. The first-order valence-corrected chi connectivity index (χ1v) is 7.73. The summed E-state index contributed by atoms with van der Waals surface area (Å²) in [6.45, 7) is 4.13. The average molecular weight is 334 g/mol. The summed E-state index contributed by atoms with van der Waals surface area (Å²) in [5.74, 6) is 1.22. The van der Waals surface area contributed by atoms with Crippen molar-refractivity contribution < 1.29 is 14.3 Å². The minimum Gasteiger partial charge on any atom is -0.496 e. The van der Waals surface area contributed by atoms with Crippen LogP contribution in [0.25, 0.3) is 0 Å². The molecule has 0 fully saturated rings. The number of hydrogen-bond donors (Lipinski definition) is 1. The van der Waals surface area contributed by atoms with Gasteiger partial charge in [0.05, 0.1) is 7.11 Å². The SMILES string of the molecule is COc1ccc(C(=O)NC(C)C)cc1COc1cccc(Cl)c1. The molecule has 4 nitrogen and oxygen atoms in total. The zero-order chi connectivity index (χ0) is 16.8. The van der Waals surface area contributed by atoms with Crippen molar-refractivity contribution in [2.24, 2.45) is 0 Å². The maximum Gasteiger partial charge on any atom is 0.251 e. The molecule has 5 heteroatoms. The van der Waals surface area contributed by atoms with E-state index in [0.29, 0.717) is 22.1 Å². The quantitative estimate of drug-likeness (QED) is 0.867. The maximum atomic E-state index is 12.1. The summed E-state index contributed by atoms with van der Waals surface area (Å²) in [5, 5.41) is 3.48. The van der Waals surface area contributed by atoms with E-state index in [1.165, 1.54) is 0 Å². The molecule has 0 bridgehead atoms. The first kappa shape index (κ1) is 17.2. The number of carbonyl (C=O) groups is 1. The normalized spacial score (nSPS) is 10.5. The van der Waals surface area contributed by atoms with Gasteiger partial charge >= 0.3 is 0 Å². The molecule has 1 amide bonds. The van der Waals surface area contributed by atoms with Crippen LogP contribution in [0.3, 0.4) is 0 Å². The molecule has 122 valence electrons. The number of halogens is 1. The van der Waals surface area contributed by atoms with E-state index >= 15 is 0 Å². The standard InChI is InChI=1S/C18H20ClNO3/c1-12(2)20-18(21)13-7-8-17(22-3)14(9-13)11-23-16-6-4-5-15(19)10-16/h4-10,12H,11H2,1-3H3,(H,20,21). The molecule has 0 aromatic heterocycles. The van der Waals surface area contributed by atoms with Crippen LogP contribution in [0.4, 0.5) is 0 Å². The molecule has 0 saturated carbocycles. The number of benzene rings is 2. The van der Waals surface area contributed by atoms with Gasteiger partial charge in [0, 0.05) is 22.2 Å². The minimum atomic E-state index is -0.119. The summed E-state index contributed by atoms with van der Waals surface area (Å²) in [7, 11) is 1.59. The highest BCUT2D eigenvalue weighted by Gasteiger charge is 2.11. The molecule has 0 atom stereocenters. The van der Waals surface area contributed by atoms with Crippen molar-refractivity contribution >= 4 is 17.5 Å². The third-order valence-corrected chi connectivity index (χ3v) is 3.39. The monoisotopic (exact) mass is 333 g/mol. The number of rotatable bonds is 6. The summed E-state index contributed by atoms with van der Waals surface area (Å²) >= 11 is 5.94. The fourth-order valence-electron chi connectivity index (χ4n) is 2.10. The minimum absolute atomic E-state index is 0.0794. The Morgan fingerprint density at radius 3 is 2.65 bits per heavy atom. The van der Waals surface area contributed by atoms with Crippen molar-refractivity contribution in [3.63, 3.8) is 0 Å². The van der Waals surface area contributed by atoms with Gasteiger partial charge in [-0.05, 0) is 50.2 Å². The molecule has 0 spiro atoms. The number of carbonyl (C=O) groups excluding carboxylic acids is 1. The van der Waals surface area contributed by atoms with Crippen molar-refractivity contribution in [3.05, 3.63) is 58.6 Å². The molecule has 0 radical (unpaired) electrons. The van der Waals surface area contributed by atoms with Crippen molar-refractivity contribution in [1.82, 2.24) is 5.32 Å². The summed E-state index contributed by atoms with van der Waals surface area (Å²) in [4.78, 5) is 12.1. The van der Waals surface area contributed by atoms with Gasteiger partial charge in [0.2, 0.25) is 0 Å². The van der Waals surface area contributed by atoms with Gasteiger partial charge in [-0.1, -0.05) is 17.7 Å². The van der Waals surface area contributed by atoms with E-state index in [1.807, 2.05) is 26.0 Å². The van der Waals surface area contributed by atoms with Gasteiger partial charge in [-0.15, -0.1) is 0 Å². The molecule has 2 rings (SSSR count). The van der Waals surface area contributed by atoms with Gasteiger partial charge in [-0.3, -0.25) is 4.79 Å². The summed E-state index contributed by atoms with van der Waals surface area (Å²) in [6.07, 6.45) is 0. The van der Waals surface area contributed by atoms with E-state index in [-0.39, 0.29) is 18.6 Å². The third kappa shape index (κ3) is 4.89. The Hall–Kier alpha value is -2.20. The third-order valence-electron chi connectivity index (χ3n) is 3.15. The molecule has 0 unspecified atom stereocenters. The molecule has 0 aliphatic rings. The van der Waals surface area contributed by atoms with Gasteiger partial charge in [-0.2, -0.15) is 0 Å².